The third-order valence-electron chi connectivity index (χ3n) is 2.79. The van der Waals surface area contributed by atoms with E-state index in [-0.39, 0.29) is 5.92 Å². The van der Waals surface area contributed by atoms with Gasteiger partial charge in [0.1, 0.15) is 11.6 Å². The zero-order valence-corrected chi connectivity index (χ0v) is 12.3. The number of hydrogen-bond donors (Lipinski definition) is 4. The molecule has 0 aromatic heterocycles. The van der Waals surface area contributed by atoms with E-state index in [1.807, 2.05) is 0 Å². The number of carboxylic acid groups (broad SMARTS) is 2. The van der Waals surface area contributed by atoms with Crippen LogP contribution in [-0.4, -0.2) is 33.7 Å². The van der Waals surface area contributed by atoms with Crippen LogP contribution in [0.4, 0.5) is 0 Å². The van der Waals surface area contributed by atoms with Crippen molar-refractivity contribution in [2.45, 2.75) is 65.0 Å². The van der Waals surface area contributed by atoms with E-state index in [9.17, 15) is 9.59 Å². The van der Waals surface area contributed by atoms with E-state index in [2.05, 4.69) is 6.92 Å². The van der Waals surface area contributed by atoms with Gasteiger partial charge in [0.15, 0.2) is 0 Å². The Hall–Kier alpha value is -1.14. The van der Waals surface area contributed by atoms with E-state index >= 15 is 0 Å². The zero-order valence-electron chi connectivity index (χ0n) is 12.3. The molecule has 6 nitrogen and oxygen atoms in total. The molecule has 0 aromatic carbocycles. The van der Waals surface area contributed by atoms with Gasteiger partial charge >= 0.3 is 11.9 Å². The summed E-state index contributed by atoms with van der Waals surface area (Å²) in [5.41, 5.74) is 9.63. The molecule has 0 saturated heterocycles. The number of rotatable bonds is 7. The Kier molecular flexibility index (Phi) is 10.4. The lowest BCUT2D eigenvalue weighted by Crippen LogP contribution is -2.44. The Bertz CT molecular complexity index is 278. The molecule has 0 rings (SSSR count). The van der Waals surface area contributed by atoms with Gasteiger partial charge in [-0.05, 0) is 19.3 Å². The maximum absolute atomic E-state index is 10.5. The first kappa shape index (κ1) is 20.2. The molecule has 0 spiro atoms. The van der Waals surface area contributed by atoms with Crippen molar-refractivity contribution in [3.05, 3.63) is 0 Å². The number of carbonyl (C=O) groups is 2. The lowest BCUT2D eigenvalue weighted by atomic mass is 9.96. The SMILES string of the molecule is CC(C)[C@H](N)C(=O)O.CCCCCC(C)(N)C(=O)O. The molecule has 1 unspecified atom stereocenters. The topological polar surface area (TPSA) is 127 Å². The van der Waals surface area contributed by atoms with E-state index in [4.69, 9.17) is 21.7 Å². The van der Waals surface area contributed by atoms with Crippen LogP contribution >= 0.6 is 0 Å². The molecule has 114 valence electrons. The van der Waals surface area contributed by atoms with Gasteiger partial charge in [-0.1, -0.05) is 40.0 Å². The van der Waals surface area contributed by atoms with Crippen molar-refractivity contribution < 1.29 is 19.8 Å². The van der Waals surface area contributed by atoms with Crippen molar-refractivity contribution >= 4 is 11.9 Å². The van der Waals surface area contributed by atoms with Gasteiger partial charge in [0.25, 0.3) is 0 Å². The van der Waals surface area contributed by atoms with Gasteiger partial charge in [-0.3, -0.25) is 9.59 Å². The largest absolute Gasteiger partial charge is 0.480 e. The van der Waals surface area contributed by atoms with Crippen LogP contribution in [0.5, 0.6) is 0 Å². The Morgan fingerprint density at radius 3 is 1.89 bits per heavy atom. The molecule has 0 heterocycles. The Morgan fingerprint density at radius 2 is 1.68 bits per heavy atom. The average molecular weight is 276 g/mol. The lowest BCUT2D eigenvalue weighted by Gasteiger charge is -2.18. The van der Waals surface area contributed by atoms with E-state index < -0.39 is 23.5 Å². The molecular weight excluding hydrogens is 248 g/mol. The fourth-order valence-electron chi connectivity index (χ4n) is 1.13. The fraction of sp³-hybridized carbons (Fsp3) is 0.846. The highest BCUT2D eigenvalue weighted by Crippen LogP contribution is 2.11. The highest BCUT2D eigenvalue weighted by atomic mass is 16.4. The van der Waals surface area contributed by atoms with Gasteiger partial charge in [-0.15, -0.1) is 0 Å². The van der Waals surface area contributed by atoms with E-state index in [1.54, 1.807) is 20.8 Å². The summed E-state index contributed by atoms with van der Waals surface area (Å²) in [4.78, 5) is 20.5. The molecule has 0 bridgehead atoms. The second kappa shape index (κ2) is 9.75. The van der Waals surface area contributed by atoms with Crippen molar-refractivity contribution in [2.75, 3.05) is 0 Å². The van der Waals surface area contributed by atoms with Crippen LogP contribution in [0.15, 0.2) is 0 Å². The number of unbranched alkanes of at least 4 members (excludes halogenated alkanes) is 2. The van der Waals surface area contributed by atoms with Crippen molar-refractivity contribution in [3.8, 4) is 0 Å². The standard InChI is InChI=1S/C8H17NO2.C5H11NO2/c1-3-4-5-6-8(2,9)7(10)11;1-3(2)4(6)5(7)8/h3-6,9H2,1-2H3,(H,10,11);3-4H,6H2,1-2H3,(H,7,8)/t;4-/m.0/s1. The molecule has 0 radical (unpaired) electrons. The molecule has 0 aliphatic carbocycles. The maximum Gasteiger partial charge on any atom is 0.323 e. The van der Waals surface area contributed by atoms with Crippen LogP contribution < -0.4 is 11.5 Å². The highest BCUT2D eigenvalue weighted by molar-refractivity contribution is 5.77. The van der Waals surface area contributed by atoms with Gasteiger partial charge < -0.3 is 21.7 Å². The van der Waals surface area contributed by atoms with Gasteiger partial charge in [-0.25, -0.2) is 0 Å². The van der Waals surface area contributed by atoms with Crippen LogP contribution in [0.1, 0.15) is 53.4 Å². The fourth-order valence-corrected chi connectivity index (χ4v) is 1.13. The average Bonchev–Trinajstić information content (AvgIpc) is 2.28. The first-order valence-corrected chi connectivity index (χ1v) is 6.56. The lowest BCUT2D eigenvalue weighted by molar-refractivity contribution is -0.143. The molecular formula is C13H28N2O4. The minimum atomic E-state index is -1.03. The van der Waals surface area contributed by atoms with Crippen molar-refractivity contribution in [1.29, 1.82) is 0 Å². The third kappa shape index (κ3) is 10.5. The number of nitrogens with two attached hydrogens (primary N) is 2. The predicted molar refractivity (Wildman–Crippen MR) is 74.8 cm³/mol. The summed E-state index contributed by atoms with van der Waals surface area (Å²) < 4.78 is 0. The van der Waals surface area contributed by atoms with Crippen LogP contribution in [0, 0.1) is 5.92 Å². The maximum atomic E-state index is 10.5. The molecule has 2 atom stereocenters. The molecule has 0 fully saturated rings. The minimum Gasteiger partial charge on any atom is -0.480 e. The molecule has 0 amide bonds. The quantitative estimate of drug-likeness (QED) is 0.521. The third-order valence-corrected chi connectivity index (χ3v) is 2.79. The zero-order chi connectivity index (χ0) is 15.6. The number of carboxylic acids is 2. The molecule has 6 heteroatoms. The first-order valence-electron chi connectivity index (χ1n) is 6.56. The van der Waals surface area contributed by atoms with Gasteiger partial charge in [-0.2, -0.15) is 0 Å². The van der Waals surface area contributed by atoms with Crippen LogP contribution in [0.25, 0.3) is 0 Å². The van der Waals surface area contributed by atoms with Crippen LogP contribution in [0.2, 0.25) is 0 Å². The smallest absolute Gasteiger partial charge is 0.323 e. The molecule has 19 heavy (non-hydrogen) atoms. The minimum absolute atomic E-state index is 0.0208. The van der Waals surface area contributed by atoms with E-state index in [1.165, 1.54) is 0 Å². The Balaban J connectivity index is 0. The van der Waals surface area contributed by atoms with E-state index in [0.29, 0.717) is 6.42 Å². The molecule has 0 aliphatic heterocycles. The monoisotopic (exact) mass is 276 g/mol. The molecule has 0 saturated carbocycles. The van der Waals surface area contributed by atoms with Gasteiger partial charge in [0.2, 0.25) is 0 Å². The summed E-state index contributed by atoms with van der Waals surface area (Å²) in [6, 6.07) is -0.713. The molecule has 6 N–H and O–H groups in total. The highest BCUT2D eigenvalue weighted by Gasteiger charge is 2.26. The number of hydrogen-bond acceptors (Lipinski definition) is 4. The second-order valence-electron chi connectivity index (χ2n) is 5.29. The summed E-state index contributed by atoms with van der Waals surface area (Å²) in [7, 11) is 0. The Morgan fingerprint density at radius 1 is 1.21 bits per heavy atom. The van der Waals surface area contributed by atoms with E-state index in [0.717, 1.165) is 19.3 Å². The summed E-state index contributed by atoms with van der Waals surface area (Å²) in [5, 5.41) is 16.8. The molecule has 0 aromatic rings. The summed E-state index contributed by atoms with van der Waals surface area (Å²) in [6.07, 6.45) is 3.61. The Labute approximate surface area is 115 Å². The van der Waals surface area contributed by atoms with Gasteiger partial charge in [0.05, 0.1) is 0 Å². The first-order chi connectivity index (χ1) is 8.56. The summed E-state index contributed by atoms with van der Waals surface area (Å²) in [6.45, 7) is 7.19. The second-order valence-corrected chi connectivity index (χ2v) is 5.29. The van der Waals surface area contributed by atoms with Crippen molar-refractivity contribution in [3.63, 3.8) is 0 Å². The van der Waals surface area contributed by atoms with Crippen molar-refractivity contribution in [2.24, 2.45) is 17.4 Å². The summed E-state index contributed by atoms with van der Waals surface area (Å²) >= 11 is 0. The predicted octanol–water partition coefficient (Wildman–Crippen LogP) is 1.42. The van der Waals surface area contributed by atoms with Crippen LogP contribution in [-0.2, 0) is 9.59 Å². The van der Waals surface area contributed by atoms with Crippen LogP contribution in [0.3, 0.4) is 0 Å². The van der Waals surface area contributed by atoms with Gasteiger partial charge in [0, 0.05) is 0 Å². The summed E-state index contributed by atoms with van der Waals surface area (Å²) in [5.74, 6) is -1.82. The molecule has 0 aliphatic rings. The number of aliphatic carboxylic acids is 2. The normalized spacial score (nSPS) is 15.1. The van der Waals surface area contributed by atoms with Crippen molar-refractivity contribution in [1.82, 2.24) is 0 Å².